The lowest BCUT2D eigenvalue weighted by molar-refractivity contribution is -0.384. The highest BCUT2D eigenvalue weighted by atomic mass is 16.6. The molecule has 2 N–H and O–H groups in total. The van der Waals surface area contributed by atoms with E-state index in [1.165, 1.54) is 12.1 Å². The second-order valence-electron chi connectivity index (χ2n) is 3.34. The van der Waals surface area contributed by atoms with Gasteiger partial charge in [-0.25, -0.2) is 4.98 Å². The molecule has 2 aromatic rings. The molecule has 0 unspecified atom stereocenters. The van der Waals surface area contributed by atoms with Crippen molar-refractivity contribution in [2.45, 2.75) is 6.92 Å². The van der Waals surface area contributed by atoms with Crippen molar-refractivity contribution < 1.29 is 4.92 Å². The number of anilines is 1. The maximum Gasteiger partial charge on any atom is 0.269 e. The predicted octanol–water partition coefficient (Wildman–Crippen LogP) is 1.67. The molecule has 0 aliphatic rings. The maximum atomic E-state index is 10.5. The zero-order valence-electron chi connectivity index (χ0n) is 8.62. The molecule has 0 radical (unpaired) electrons. The topological polar surface area (TPSA) is 87.0 Å². The maximum absolute atomic E-state index is 10.5. The summed E-state index contributed by atoms with van der Waals surface area (Å²) in [4.78, 5) is 14.1. The lowest BCUT2D eigenvalue weighted by Gasteiger charge is -2.06. The summed E-state index contributed by atoms with van der Waals surface area (Å²) in [5.41, 5.74) is 6.56. The van der Waals surface area contributed by atoms with Crippen molar-refractivity contribution in [3.05, 3.63) is 46.4 Å². The van der Waals surface area contributed by atoms with Gasteiger partial charge < -0.3 is 5.73 Å². The molecule has 0 spiro atoms. The van der Waals surface area contributed by atoms with E-state index >= 15 is 0 Å². The van der Waals surface area contributed by atoms with Crippen molar-refractivity contribution in [2.75, 3.05) is 5.73 Å². The normalized spacial score (nSPS) is 10.3. The molecule has 1 heterocycles. The van der Waals surface area contributed by atoms with E-state index in [9.17, 15) is 10.1 Å². The molecule has 82 valence electrons. The number of aromatic nitrogens is 2. The highest BCUT2D eigenvalue weighted by Crippen LogP contribution is 2.19. The first-order valence-electron chi connectivity index (χ1n) is 4.64. The standard InChI is InChI=1S/C10H10N4O2/c1-7-12-6-10(11)13(7)8-2-4-9(5-3-8)14(15)16/h2-6H,11H2,1H3. The number of nitrogen functional groups attached to an aromatic ring is 1. The Morgan fingerprint density at radius 2 is 2.00 bits per heavy atom. The molecule has 6 nitrogen and oxygen atoms in total. The number of benzene rings is 1. The Balaban J connectivity index is 2.46. The Labute approximate surface area is 91.5 Å². The second kappa shape index (κ2) is 3.65. The third-order valence-electron chi connectivity index (χ3n) is 2.28. The molecule has 0 saturated heterocycles. The molecular weight excluding hydrogens is 208 g/mol. The van der Waals surface area contributed by atoms with E-state index in [4.69, 9.17) is 5.73 Å². The molecule has 1 aromatic heterocycles. The number of nitrogens with two attached hydrogens (primary N) is 1. The molecule has 16 heavy (non-hydrogen) atoms. The monoisotopic (exact) mass is 218 g/mol. The van der Waals surface area contributed by atoms with Gasteiger partial charge in [0.25, 0.3) is 5.69 Å². The minimum Gasteiger partial charge on any atom is -0.383 e. The quantitative estimate of drug-likeness (QED) is 0.613. The van der Waals surface area contributed by atoms with Crippen LogP contribution in [0.25, 0.3) is 5.69 Å². The number of hydrogen-bond acceptors (Lipinski definition) is 4. The van der Waals surface area contributed by atoms with Crippen LogP contribution < -0.4 is 5.73 Å². The van der Waals surface area contributed by atoms with Gasteiger partial charge in [0.1, 0.15) is 11.6 Å². The minimum atomic E-state index is -0.437. The number of nitrogens with zero attached hydrogens (tertiary/aromatic N) is 3. The van der Waals surface area contributed by atoms with Crippen LogP contribution in [0.2, 0.25) is 0 Å². The van der Waals surface area contributed by atoms with Crippen LogP contribution >= 0.6 is 0 Å². The van der Waals surface area contributed by atoms with Crippen molar-refractivity contribution in [2.24, 2.45) is 0 Å². The second-order valence-corrected chi connectivity index (χ2v) is 3.34. The highest BCUT2D eigenvalue weighted by molar-refractivity contribution is 5.47. The molecular formula is C10H10N4O2. The van der Waals surface area contributed by atoms with Gasteiger partial charge in [0.2, 0.25) is 0 Å². The predicted molar refractivity (Wildman–Crippen MR) is 59.4 cm³/mol. The number of nitro benzene ring substituents is 1. The van der Waals surface area contributed by atoms with E-state index in [1.54, 1.807) is 22.9 Å². The van der Waals surface area contributed by atoms with Gasteiger partial charge in [-0.05, 0) is 19.1 Å². The number of hydrogen-bond donors (Lipinski definition) is 1. The van der Waals surface area contributed by atoms with Gasteiger partial charge in [0, 0.05) is 17.8 Å². The first kappa shape index (κ1) is 10.2. The van der Waals surface area contributed by atoms with Gasteiger partial charge in [-0.15, -0.1) is 0 Å². The average Bonchev–Trinajstić information content (AvgIpc) is 2.59. The zero-order chi connectivity index (χ0) is 11.7. The van der Waals surface area contributed by atoms with Crippen LogP contribution in [0, 0.1) is 17.0 Å². The van der Waals surface area contributed by atoms with Gasteiger partial charge >= 0.3 is 0 Å². The molecule has 0 fully saturated rings. The van der Waals surface area contributed by atoms with Crippen molar-refractivity contribution >= 4 is 11.5 Å². The average molecular weight is 218 g/mol. The first-order chi connectivity index (χ1) is 7.59. The van der Waals surface area contributed by atoms with Gasteiger partial charge in [-0.1, -0.05) is 0 Å². The summed E-state index contributed by atoms with van der Waals surface area (Å²) < 4.78 is 1.73. The molecule has 0 aliphatic heterocycles. The summed E-state index contributed by atoms with van der Waals surface area (Å²) in [6, 6.07) is 6.16. The van der Waals surface area contributed by atoms with Crippen molar-refractivity contribution in [3.8, 4) is 5.69 Å². The van der Waals surface area contributed by atoms with E-state index < -0.39 is 4.92 Å². The number of rotatable bonds is 2. The van der Waals surface area contributed by atoms with Crippen LogP contribution in [0.5, 0.6) is 0 Å². The lowest BCUT2D eigenvalue weighted by Crippen LogP contribution is -2.01. The summed E-state index contributed by atoms with van der Waals surface area (Å²) in [7, 11) is 0. The largest absolute Gasteiger partial charge is 0.383 e. The Hall–Kier alpha value is -2.37. The molecule has 0 amide bonds. The lowest BCUT2D eigenvalue weighted by atomic mass is 10.3. The van der Waals surface area contributed by atoms with Gasteiger partial charge in [0.15, 0.2) is 0 Å². The Kier molecular flexibility index (Phi) is 2.32. The van der Waals surface area contributed by atoms with E-state index in [-0.39, 0.29) is 5.69 Å². The minimum absolute atomic E-state index is 0.0556. The Bertz CT molecular complexity index is 511. The zero-order valence-corrected chi connectivity index (χ0v) is 8.62. The summed E-state index contributed by atoms with van der Waals surface area (Å²) in [5.74, 6) is 1.25. The summed E-state index contributed by atoms with van der Waals surface area (Å²) in [5, 5.41) is 10.5. The van der Waals surface area contributed by atoms with Crippen LogP contribution in [-0.4, -0.2) is 14.5 Å². The molecule has 1 aromatic carbocycles. The molecule has 0 atom stereocenters. The molecule has 2 rings (SSSR count). The summed E-state index contributed by atoms with van der Waals surface area (Å²) in [6.45, 7) is 1.82. The fraction of sp³-hybridized carbons (Fsp3) is 0.100. The van der Waals surface area contributed by atoms with E-state index in [0.717, 1.165) is 11.5 Å². The third-order valence-corrected chi connectivity index (χ3v) is 2.28. The van der Waals surface area contributed by atoms with E-state index in [1.807, 2.05) is 6.92 Å². The molecule has 6 heteroatoms. The van der Waals surface area contributed by atoms with Crippen molar-refractivity contribution in [3.63, 3.8) is 0 Å². The summed E-state index contributed by atoms with van der Waals surface area (Å²) >= 11 is 0. The van der Waals surface area contributed by atoms with Crippen LogP contribution in [-0.2, 0) is 0 Å². The SMILES string of the molecule is Cc1ncc(N)n1-c1ccc([N+](=O)[O-])cc1. The molecule has 0 saturated carbocycles. The molecule has 0 bridgehead atoms. The van der Waals surface area contributed by atoms with Gasteiger partial charge in [0.05, 0.1) is 11.1 Å². The van der Waals surface area contributed by atoms with Gasteiger partial charge in [-0.2, -0.15) is 0 Å². The smallest absolute Gasteiger partial charge is 0.269 e. The fourth-order valence-electron chi connectivity index (χ4n) is 1.52. The summed E-state index contributed by atoms with van der Waals surface area (Å²) in [6.07, 6.45) is 1.55. The first-order valence-corrected chi connectivity index (χ1v) is 4.64. The number of aryl methyl sites for hydroxylation is 1. The number of nitro groups is 1. The highest BCUT2D eigenvalue weighted by Gasteiger charge is 2.08. The fourth-order valence-corrected chi connectivity index (χ4v) is 1.52. The number of non-ortho nitro benzene ring substituents is 1. The Morgan fingerprint density at radius 3 is 2.44 bits per heavy atom. The van der Waals surface area contributed by atoms with Crippen LogP contribution in [0.4, 0.5) is 11.5 Å². The van der Waals surface area contributed by atoms with Crippen molar-refractivity contribution in [1.82, 2.24) is 9.55 Å². The van der Waals surface area contributed by atoms with Crippen molar-refractivity contribution in [1.29, 1.82) is 0 Å². The molecule has 0 aliphatic carbocycles. The van der Waals surface area contributed by atoms with Crippen LogP contribution in [0.1, 0.15) is 5.82 Å². The van der Waals surface area contributed by atoms with E-state index in [0.29, 0.717) is 5.82 Å². The van der Waals surface area contributed by atoms with Crippen LogP contribution in [0.15, 0.2) is 30.5 Å². The van der Waals surface area contributed by atoms with Crippen LogP contribution in [0.3, 0.4) is 0 Å². The Morgan fingerprint density at radius 1 is 1.38 bits per heavy atom. The third kappa shape index (κ3) is 1.60. The van der Waals surface area contributed by atoms with Gasteiger partial charge in [-0.3, -0.25) is 14.7 Å². The number of imidazole rings is 1. The van der Waals surface area contributed by atoms with E-state index in [2.05, 4.69) is 4.98 Å².